The second kappa shape index (κ2) is 7.26. The first kappa shape index (κ1) is 17.5. The summed E-state index contributed by atoms with van der Waals surface area (Å²) in [6.45, 7) is 1.78. The van der Waals surface area contributed by atoms with Crippen LogP contribution in [0.1, 0.15) is 16.9 Å². The third-order valence-electron chi connectivity index (χ3n) is 3.88. The van der Waals surface area contributed by atoms with Gasteiger partial charge in [-0.3, -0.25) is 10.1 Å². The molecule has 2 aromatic carbocycles. The monoisotopic (exact) mass is 364 g/mol. The lowest BCUT2D eigenvalue weighted by Gasteiger charge is -2.03. The number of halogens is 1. The summed E-state index contributed by atoms with van der Waals surface area (Å²) in [5.74, 6) is 1.06. The van der Waals surface area contributed by atoms with E-state index in [1.807, 2.05) is 0 Å². The Balaban J connectivity index is 1.97. The predicted molar refractivity (Wildman–Crippen MR) is 100 cm³/mol. The number of aryl methyl sites for hydroxylation is 1. The Morgan fingerprint density at radius 1 is 1.23 bits per heavy atom. The largest absolute Gasteiger partial charge is 0.457 e. The van der Waals surface area contributed by atoms with Crippen LogP contribution in [0.25, 0.3) is 23.0 Å². The van der Waals surface area contributed by atoms with Crippen molar-refractivity contribution in [2.24, 2.45) is 0 Å². The van der Waals surface area contributed by atoms with Crippen molar-refractivity contribution >= 4 is 28.9 Å². The number of allylic oxidation sites excluding steroid dienone is 1. The van der Waals surface area contributed by atoms with Crippen molar-refractivity contribution in [2.45, 2.75) is 6.92 Å². The fraction of sp³-hybridized carbons (Fsp3) is 0.0500. The SMILES string of the molecule is Cc1cc([N+](=O)[O-])ccc1-c1ccc(/C=C(/C#N)c2ccccc2Cl)o1. The predicted octanol–water partition coefficient (Wildman–Crippen LogP) is 5.88. The van der Waals surface area contributed by atoms with Crippen molar-refractivity contribution in [1.29, 1.82) is 5.26 Å². The fourth-order valence-electron chi connectivity index (χ4n) is 2.61. The van der Waals surface area contributed by atoms with Crippen molar-refractivity contribution in [3.63, 3.8) is 0 Å². The van der Waals surface area contributed by atoms with Gasteiger partial charge < -0.3 is 4.42 Å². The molecule has 0 saturated carbocycles. The summed E-state index contributed by atoms with van der Waals surface area (Å²) in [5, 5.41) is 20.8. The highest BCUT2D eigenvalue weighted by Crippen LogP contribution is 2.30. The molecule has 26 heavy (non-hydrogen) atoms. The molecule has 1 heterocycles. The van der Waals surface area contributed by atoms with Gasteiger partial charge in [0, 0.05) is 28.3 Å². The number of benzene rings is 2. The number of rotatable bonds is 4. The molecule has 0 aliphatic rings. The molecule has 0 bridgehead atoms. The molecule has 128 valence electrons. The average Bonchev–Trinajstić information content (AvgIpc) is 3.08. The van der Waals surface area contributed by atoms with Gasteiger partial charge in [0.1, 0.15) is 11.5 Å². The third kappa shape index (κ3) is 3.51. The van der Waals surface area contributed by atoms with Gasteiger partial charge in [-0.15, -0.1) is 0 Å². The quantitative estimate of drug-likeness (QED) is 0.329. The Bertz CT molecular complexity index is 1060. The second-order valence-corrected chi connectivity index (χ2v) is 6.02. The van der Waals surface area contributed by atoms with E-state index in [1.54, 1.807) is 55.5 Å². The van der Waals surface area contributed by atoms with E-state index in [9.17, 15) is 15.4 Å². The number of nitrogens with zero attached hydrogens (tertiary/aromatic N) is 2. The Labute approximate surface area is 154 Å². The van der Waals surface area contributed by atoms with Gasteiger partial charge >= 0.3 is 0 Å². The minimum Gasteiger partial charge on any atom is -0.457 e. The Kier molecular flexibility index (Phi) is 4.87. The maximum absolute atomic E-state index is 10.9. The zero-order valence-electron chi connectivity index (χ0n) is 13.8. The topological polar surface area (TPSA) is 80.1 Å². The number of hydrogen-bond acceptors (Lipinski definition) is 4. The van der Waals surface area contributed by atoms with Crippen LogP contribution in [0.2, 0.25) is 5.02 Å². The lowest BCUT2D eigenvalue weighted by molar-refractivity contribution is -0.384. The van der Waals surface area contributed by atoms with E-state index in [0.29, 0.717) is 27.7 Å². The summed E-state index contributed by atoms with van der Waals surface area (Å²) in [4.78, 5) is 10.4. The van der Waals surface area contributed by atoms with Crippen LogP contribution in [0, 0.1) is 28.4 Å². The highest BCUT2D eigenvalue weighted by atomic mass is 35.5. The van der Waals surface area contributed by atoms with E-state index in [2.05, 4.69) is 6.07 Å². The minimum absolute atomic E-state index is 0.0309. The maximum Gasteiger partial charge on any atom is 0.269 e. The summed E-state index contributed by atoms with van der Waals surface area (Å²) in [6.07, 6.45) is 1.62. The van der Waals surface area contributed by atoms with Crippen molar-refractivity contribution in [2.75, 3.05) is 0 Å². The first-order valence-electron chi connectivity index (χ1n) is 7.71. The molecule has 0 atom stereocenters. The fourth-order valence-corrected chi connectivity index (χ4v) is 2.84. The highest BCUT2D eigenvalue weighted by Gasteiger charge is 2.13. The lowest BCUT2D eigenvalue weighted by Crippen LogP contribution is -1.89. The molecule has 6 heteroatoms. The van der Waals surface area contributed by atoms with Gasteiger partial charge in [0.15, 0.2) is 0 Å². The van der Waals surface area contributed by atoms with E-state index in [0.717, 1.165) is 11.1 Å². The summed E-state index contributed by atoms with van der Waals surface area (Å²) in [6, 6.07) is 17.3. The zero-order valence-corrected chi connectivity index (χ0v) is 14.5. The molecule has 0 aliphatic heterocycles. The Hall–Kier alpha value is -3.36. The summed E-state index contributed by atoms with van der Waals surface area (Å²) >= 11 is 6.15. The molecular formula is C20H13ClN2O3. The smallest absolute Gasteiger partial charge is 0.269 e. The zero-order chi connectivity index (χ0) is 18.7. The van der Waals surface area contributed by atoms with Gasteiger partial charge in [-0.25, -0.2) is 0 Å². The normalized spacial score (nSPS) is 11.2. The molecule has 0 unspecified atom stereocenters. The molecule has 0 amide bonds. The number of nitro benzene ring substituents is 1. The van der Waals surface area contributed by atoms with Gasteiger partial charge in [-0.1, -0.05) is 29.8 Å². The standard InChI is InChI=1S/C20H13ClN2O3/c1-13-10-15(23(24)25)6-8-17(13)20-9-7-16(26-20)11-14(12-22)18-4-2-3-5-19(18)21/h2-11H,1H3/b14-11-. The maximum atomic E-state index is 10.9. The van der Waals surface area contributed by atoms with Crippen LogP contribution in [0.5, 0.6) is 0 Å². The molecule has 0 aliphatic carbocycles. The van der Waals surface area contributed by atoms with Gasteiger partial charge in [0.05, 0.1) is 16.6 Å². The number of nitro groups is 1. The molecule has 0 radical (unpaired) electrons. The van der Waals surface area contributed by atoms with Gasteiger partial charge in [-0.2, -0.15) is 5.26 Å². The van der Waals surface area contributed by atoms with Crippen molar-refractivity contribution in [3.05, 3.63) is 86.6 Å². The Morgan fingerprint density at radius 2 is 2.00 bits per heavy atom. The van der Waals surface area contributed by atoms with Gasteiger partial charge in [-0.05, 0) is 42.8 Å². The molecular weight excluding hydrogens is 352 g/mol. The first-order chi connectivity index (χ1) is 12.5. The van der Waals surface area contributed by atoms with Crippen molar-refractivity contribution in [3.8, 4) is 17.4 Å². The summed E-state index contributed by atoms with van der Waals surface area (Å²) < 4.78 is 5.80. The van der Waals surface area contributed by atoms with Crippen molar-refractivity contribution < 1.29 is 9.34 Å². The van der Waals surface area contributed by atoms with Gasteiger partial charge in [0.25, 0.3) is 5.69 Å². The number of furan rings is 1. The van der Waals surface area contributed by atoms with Crippen LogP contribution in [0.3, 0.4) is 0 Å². The molecule has 3 rings (SSSR count). The number of nitriles is 1. The van der Waals surface area contributed by atoms with Crippen LogP contribution >= 0.6 is 11.6 Å². The molecule has 1 aromatic heterocycles. The summed E-state index contributed by atoms with van der Waals surface area (Å²) in [7, 11) is 0. The number of hydrogen-bond donors (Lipinski definition) is 0. The lowest BCUT2D eigenvalue weighted by atomic mass is 10.1. The second-order valence-electron chi connectivity index (χ2n) is 5.61. The van der Waals surface area contributed by atoms with Crippen LogP contribution < -0.4 is 0 Å². The highest BCUT2D eigenvalue weighted by molar-refractivity contribution is 6.32. The van der Waals surface area contributed by atoms with Crippen LogP contribution in [0.4, 0.5) is 5.69 Å². The van der Waals surface area contributed by atoms with E-state index in [1.165, 1.54) is 12.1 Å². The van der Waals surface area contributed by atoms with Crippen LogP contribution in [-0.4, -0.2) is 4.92 Å². The molecule has 3 aromatic rings. The van der Waals surface area contributed by atoms with E-state index >= 15 is 0 Å². The van der Waals surface area contributed by atoms with E-state index in [4.69, 9.17) is 16.0 Å². The van der Waals surface area contributed by atoms with Crippen molar-refractivity contribution in [1.82, 2.24) is 0 Å². The average molecular weight is 365 g/mol. The molecule has 0 fully saturated rings. The molecule has 0 saturated heterocycles. The molecule has 0 N–H and O–H groups in total. The van der Waals surface area contributed by atoms with Crippen LogP contribution in [-0.2, 0) is 0 Å². The van der Waals surface area contributed by atoms with Crippen LogP contribution in [0.15, 0.2) is 59.0 Å². The summed E-state index contributed by atoms with van der Waals surface area (Å²) in [5.41, 5.74) is 2.53. The van der Waals surface area contributed by atoms with Gasteiger partial charge in [0.2, 0.25) is 0 Å². The minimum atomic E-state index is -0.435. The van der Waals surface area contributed by atoms with E-state index in [-0.39, 0.29) is 5.69 Å². The van der Waals surface area contributed by atoms with E-state index < -0.39 is 4.92 Å². The molecule has 0 spiro atoms. The molecule has 5 nitrogen and oxygen atoms in total. The number of non-ortho nitro benzene ring substituents is 1. The third-order valence-corrected chi connectivity index (χ3v) is 4.21. The first-order valence-corrected chi connectivity index (χ1v) is 8.09. The Morgan fingerprint density at radius 3 is 2.65 bits per heavy atom.